The van der Waals surface area contributed by atoms with Crippen LogP contribution in [-0.2, 0) is 6.54 Å². The molecule has 3 N–H and O–H groups in total. The number of anilines is 1. The van der Waals surface area contributed by atoms with Crippen LogP contribution in [0.5, 0.6) is 11.5 Å². The number of nitrogens with two attached hydrogens (primary N) is 1. The zero-order chi connectivity index (χ0) is 18.0. The number of methoxy groups -OCH3 is 2. The van der Waals surface area contributed by atoms with Crippen molar-refractivity contribution in [2.24, 2.45) is 5.84 Å². The first kappa shape index (κ1) is 16.7. The summed E-state index contributed by atoms with van der Waals surface area (Å²) in [6.07, 6.45) is 0. The molecule has 25 heavy (non-hydrogen) atoms. The fraction of sp³-hybridized carbons (Fsp3) is 0.176. The topological polar surface area (TPSA) is 91.4 Å². The Morgan fingerprint density at radius 1 is 1.16 bits per heavy atom. The second-order valence-electron chi connectivity index (χ2n) is 5.32. The van der Waals surface area contributed by atoms with Crippen LogP contribution in [0.25, 0.3) is 10.9 Å². The number of hydrogen-bond donors (Lipinski definition) is 2. The SMILES string of the molecule is COc1cc2nc(NN)n(Cc3ccc(F)cc3)c(=O)c2cc1OC. The summed E-state index contributed by atoms with van der Waals surface area (Å²) in [6, 6.07) is 9.04. The summed E-state index contributed by atoms with van der Waals surface area (Å²) in [7, 11) is 2.99. The van der Waals surface area contributed by atoms with Gasteiger partial charge >= 0.3 is 0 Å². The molecule has 0 saturated carbocycles. The summed E-state index contributed by atoms with van der Waals surface area (Å²) in [5.41, 5.74) is 3.29. The molecule has 0 radical (unpaired) electrons. The summed E-state index contributed by atoms with van der Waals surface area (Å²) >= 11 is 0. The van der Waals surface area contributed by atoms with Crippen molar-refractivity contribution in [3.05, 3.63) is 58.1 Å². The Morgan fingerprint density at radius 3 is 2.40 bits per heavy atom. The van der Waals surface area contributed by atoms with Crippen LogP contribution < -0.4 is 26.3 Å². The molecule has 0 aliphatic carbocycles. The number of hydrogen-bond acceptors (Lipinski definition) is 6. The molecule has 0 spiro atoms. The summed E-state index contributed by atoms with van der Waals surface area (Å²) < 4.78 is 24.9. The lowest BCUT2D eigenvalue weighted by Gasteiger charge is -2.14. The van der Waals surface area contributed by atoms with Gasteiger partial charge in [0.2, 0.25) is 5.95 Å². The van der Waals surface area contributed by atoms with Gasteiger partial charge in [0, 0.05) is 6.07 Å². The van der Waals surface area contributed by atoms with E-state index in [-0.39, 0.29) is 23.9 Å². The van der Waals surface area contributed by atoms with Crippen molar-refractivity contribution in [1.82, 2.24) is 9.55 Å². The van der Waals surface area contributed by atoms with E-state index < -0.39 is 0 Å². The van der Waals surface area contributed by atoms with Crippen molar-refractivity contribution in [2.75, 3.05) is 19.6 Å². The lowest BCUT2D eigenvalue weighted by Crippen LogP contribution is -2.27. The Morgan fingerprint density at radius 2 is 1.80 bits per heavy atom. The number of nitrogens with zero attached hydrogens (tertiary/aromatic N) is 2. The predicted octanol–water partition coefficient (Wildman–Crippen LogP) is 1.89. The standard InChI is InChI=1S/C17H17FN4O3/c1-24-14-7-12-13(8-15(14)25-2)20-17(21-19)22(16(12)23)9-10-3-5-11(18)6-4-10/h3-8H,9,19H2,1-2H3,(H,20,21). The van der Waals surface area contributed by atoms with Crippen molar-refractivity contribution in [1.29, 1.82) is 0 Å². The van der Waals surface area contributed by atoms with Crippen LogP contribution in [0.1, 0.15) is 5.56 Å². The van der Waals surface area contributed by atoms with Gasteiger partial charge in [-0.25, -0.2) is 15.2 Å². The van der Waals surface area contributed by atoms with Crippen molar-refractivity contribution in [3.63, 3.8) is 0 Å². The monoisotopic (exact) mass is 344 g/mol. The van der Waals surface area contributed by atoms with Crippen LogP contribution in [0, 0.1) is 5.82 Å². The maximum Gasteiger partial charge on any atom is 0.263 e. The van der Waals surface area contributed by atoms with Gasteiger partial charge in [-0.3, -0.25) is 14.8 Å². The zero-order valence-corrected chi connectivity index (χ0v) is 13.7. The van der Waals surface area contributed by atoms with Gasteiger partial charge < -0.3 is 9.47 Å². The van der Waals surface area contributed by atoms with Crippen LogP contribution in [0.15, 0.2) is 41.2 Å². The van der Waals surface area contributed by atoms with Crippen LogP contribution in [0.4, 0.5) is 10.3 Å². The van der Waals surface area contributed by atoms with E-state index in [4.69, 9.17) is 15.3 Å². The molecule has 2 aromatic carbocycles. The van der Waals surface area contributed by atoms with Gasteiger partial charge in [-0.15, -0.1) is 0 Å². The molecular formula is C17H17FN4O3. The highest BCUT2D eigenvalue weighted by molar-refractivity contribution is 5.83. The summed E-state index contributed by atoms with van der Waals surface area (Å²) in [5.74, 6) is 6.26. The van der Waals surface area contributed by atoms with Crippen LogP contribution >= 0.6 is 0 Å². The molecule has 0 amide bonds. The van der Waals surface area contributed by atoms with E-state index in [1.165, 1.54) is 30.9 Å². The normalized spacial score (nSPS) is 10.7. The van der Waals surface area contributed by atoms with Crippen LogP contribution in [0.3, 0.4) is 0 Å². The van der Waals surface area contributed by atoms with Gasteiger partial charge in [0.1, 0.15) is 5.82 Å². The van der Waals surface area contributed by atoms with E-state index in [1.807, 2.05) is 0 Å². The Balaban J connectivity index is 2.18. The third-order valence-corrected chi connectivity index (χ3v) is 3.84. The van der Waals surface area contributed by atoms with Crippen molar-refractivity contribution in [2.45, 2.75) is 6.54 Å². The quantitative estimate of drug-likeness (QED) is 0.542. The smallest absolute Gasteiger partial charge is 0.263 e. The van der Waals surface area contributed by atoms with E-state index in [0.29, 0.717) is 22.4 Å². The molecule has 0 bridgehead atoms. The van der Waals surface area contributed by atoms with Crippen molar-refractivity contribution >= 4 is 16.9 Å². The highest BCUT2D eigenvalue weighted by Gasteiger charge is 2.15. The fourth-order valence-corrected chi connectivity index (χ4v) is 2.58. The summed E-state index contributed by atoms with van der Waals surface area (Å²) in [4.78, 5) is 17.3. The Labute approximate surface area is 142 Å². The van der Waals surface area contributed by atoms with Crippen molar-refractivity contribution < 1.29 is 13.9 Å². The molecule has 3 aromatic rings. The van der Waals surface area contributed by atoms with Gasteiger partial charge in [-0.1, -0.05) is 12.1 Å². The third kappa shape index (κ3) is 3.11. The average molecular weight is 344 g/mol. The maximum atomic E-state index is 13.1. The first-order chi connectivity index (χ1) is 12.1. The molecule has 0 fully saturated rings. The van der Waals surface area contributed by atoms with E-state index in [1.54, 1.807) is 24.3 Å². The van der Waals surface area contributed by atoms with Gasteiger partial charge in [-0.2, -0.15) is 0 Å². The van der Waals surface area contributed by atoms with E-state index in [9.17, 15) is 9.18 Å². The minimum absolute atomic E-state index is 0.189. The van der Waals surface area contributed by atoms with Crippen molar-refractivity contribution in [3.8, 4) is 11.5 Å². The Kier molecular flexibility index (Phi) is 4.53. The number of ether oxygens (including phenoxy) is 2. The highest BCUT2D eigenvalue weighted by atomic mass is 19.1. The first-order valence-corrected chi connectivity index (χ1v) is 7.45. The number of fused-ring (bicyclic) bond motifs is 1. The second kappa shape index (κ2) is 6.78. The van der Waals surface area contributed by atoms with Gasteiger partial charge in [-0.05, 0) is 23.8 Å². The molecule has 0 aliphatic heterocycles. The highest BCUT2D eigenvalue weighted by Crippen LogP contribution is 2.30. The van der Waals surface area contributed by atoms with Gasteiger partial charge in [0.05, 0.1) is 31.7 Å². The number of nitrogen functional groups attached to an aromatic ring is 1. The fourth-order valence-electron chi connectivity index (χ4n) is 2.58. The lowest BCUT2D eigenvalue weighted by atomic mass is 10.2. The summed E-state index contributed by atoms with van der Waals surface area (Å²) in [6.45, 7) is 0.190. The molecule has 0 saturated heterocycles. The number of rotatable bonds is 5. The molecular weight excluding hydrogens is 327 g/mol. The Bertz CT molecular complexity index is 970. The number of halogens is 1. The molecule has 0 atom stereocenters. The molecule has 1 heterocycles. The molecule has 130 valence electrons. The Hall–Kier alpha value is -3.13. The minimum atomic E-state index is -0.346. The number of benzene rings is 2. The second-order valence-corrected chi connectivity index (χ2v) is 5.32. The largest absolute Gasteiger partial charge is 0.493 e. The molecule has 0 unspecified atom stereocenters. The number of aromatic nitrogens is 2. The van der Waals surface area contributed by atoms with Gasteiger partial charge in [0.25, 0.3) is 5.56 Å². The molecule has 7 nitrogen and oxygen atoms in total. The summed E-state index contributed by atoms with van der Waals surface area (Å²) in [5, 5.41) is 0.360. The average Bonchev–Trinajstić information content (AvgIpc) is 2.64. The molecule has 3 rings (SSSR count). The maximum absolute atomic E-state index is 13.1. The van der Waals surface area contributed by atoms with E-state index >= 15 is 0 Å². The third-order valence-electron chi connectivity index (χ3n) is 3.84. The minimum Gasteiger partial charge on any atom is -0.493 e. The van der Waals surface area contributed by atoms with E-state index in [0.717, 1.165) is 5.56 Å². The lowest BCUT2D eigenvalue weighted by molar-refractivity contribution is 0.355. The zero-order valence-electron chi connectivity index (χ0n) is 13.7. The number of hydrazine groups is 1. The van der Waals surface area contributed by atoms with Gasteiger partial charge in [0.15, 0.2) is 11.5 Å². The van der Waals surface area contributed by atoms with Crippen LogP contribution in [-0.4, -0.2) is 23.8 Å². The first-order valence-electron chi connectivity index (χ1n) is 7.45. The van der Waals surface area contributed by atoms with Crippen LogP contribution in [0.2, 0.25) is 0 Å². The molecule has 8 heteroatoms. The molecule has 0 aliphatic rings. The predicted molar refractivity (Wildman–Crippen MR) is 92.4 cm³/mol. The molecule has 1 aromatic heterocycles. The number of nitrogens with one attached hydrogen (secondary N) is 1. The van der Waals surface area contributed by atoms with E-state index in [2.05, 4.69) is 10.4 Å².